The second-order valence-electron chi connectivity index (χ2n) is 4.74. The highest BCUT2D eigenvalue weighted by molar-refractivity contribution is 6.00. The Morgan fingerprint density at radius 2 is 2.29 bits per heavy atom. The Labute approximate surface area is 103 Å². The van der Waals surface area contributed by atoms with E-state index in [2.05, 4.69) is 6.92 Å². The molecule has 1 saturated heterocycles. The van der Waals surface area contributed by atoms with E-state index in [-0.39, 0.29) is 5.91 Å². The molecular weight excluding hydrogens is 212 g/mol. The average Bonchev–Trinajstić information content (AvgIpc) is 2.76. The maximum atomic E-state index is 12.5. The first-order valence-corrected chi connectivity index (χ1v) is 6.31. The maximum absolute atomic E-state index is 12.5. The average molecular weight is 232 g/mol. The molecule has 0 aromatic heterocycles. The van der Waals surface area contributed by atoms with Gasteiger partial charge < -0.3 is 10.6 Å². The minimum atomic E-state index is 0.102. The highest BCUT2D eigenvalue weighted by atomic mass is 16.2. The van der Waals surface area contributed by atoms with Crippen molar-refractivity contribution >= 4 is 11.6 Å². The molecule has 2 N–H and O–H groups in total. The Morgan fingerprint density at radius 1 is 1.53 bits per heavy atom. The zero-order valence-electron chi connectivity index (χ0n) is 10.6. The van der Waals surface area contributed by atoms with Crippen LogP contribution in [0, 0.1) is 6.92 Å². The molecule has 1 aromatic carbocycles. The van der Waals surface area contributed by atoms with Gasteiger partial charge in [0.1, 0.15) is 0 Å². The highest BCUT2D eigenvalue weighted by Crippen LogP contribution is 2.25. The van der Waals surface area contributed by atoms with Gasteiger partial charge in [-0.2, -0.15) is 0 Å². The molecule has 1 aliphatic rings. The Morgan fingerprint density at radius 3 is 2.94 bits per heavy atom. The quantitative estimate of drug-likeness (QED) is 0.797. The van der Waals surface area contributed by atoms with Crippen molar-refractivity contribution in [3.05, 3.63) is 29.3 Å². The number of benzene rings is 1. The first kappa shape index (κ1) is 12.0. The number of nitrogen functional groups attached to an aromatic ring is 1. The van der Waals surface area contributed by atoms with Crippen LogP contribution in [0.5, 0.6) is 0 Å². The second kappa shape index (κ2) is 4.78. The topological polar surface area (TPSA) is 46.3 Å². The van der Waals surface area contributed by atoms with Gasteiger partial charge in [-0.25, -0.2) is 0 Å². The molecule has 0 saturated carbocycles. The Bertz CT molecular complexity index is 408. The van der Waals surface area contributed by atoms with Crippen molar-refractivity contribution in [2.45, 2.75) is 39.2 Å². The number of hydrogen-bond donors (Lipinski definition) is 1. The van der Waals surface area contributed by atoms with Crippen LogP contribution in [0.3, 0.4) is 0 Å². The maximum Gasteiger partial charge on any atom is 0.256 e. The molecule has 1 aliphatic heterocycles. The third-order valence-corrected chi connectivity index (χ3v) is 3.63. The Kier molecular flexibility index (Phi) is 3.36. The van der Waals surface area contributed by atoms with Crippen molar-refractivity contribution in [2.75, 3.05) is 12.3 Å². The van der Waals surface area contributed by atoms with Crippen LogP contribution >= 0.6 is 0 Å². The Hall–Kier alpha value is -1.51. The van der Waals surface area contributed by atoms with Crippen molar-refractivity contribution in [3.8, 4) is 0 Å². The van der Waals surface area contributed by atoms with Crippen molar-refractivity contribution in [1.82, 2.24) is 4.90 Å². The number of aryl methyl sites for hydroxylation is 1. The van der Waals surface area contributed by atoms with E-state index < -0.39 is 0 Å². The number of nitrogens with two attached hydrogens (primary N) is 1. The number of anilines is 1. The van der Waals surface area contributed by atoms with E-state index in [1.807, 2.05) is 24.0 Å². The molecule has 0 bridgehead atoms. The lowest BCUT2D eigenvalue weighted by Crippen LogP contribution is -2.35. The first-order valence-electron chi connectivity index (χ1n) is 6.31. The largest absolute Gasteiger partial charge is 0.398 e. The fourth-order valence-corrected chi connectivity index (χ4v) is 2.65. The van der Waals surface area contributed by atoms with Crippen LogP contribution in [-0.4, -0.2) is 23.4 Å². The molecule has 92 valence electrons. The van der Waals surface area contributed by atoms with Crippen molar-refractivity contribution in [1.29, 1.82) is 0 Å². The third-order valence-electron chi connectivity index (χ3n) is 3.63. The van der Waals surface area contributed by atoms with E-state index in [0.717, 1.165) is 31.4 Å². The van der Waals surface area contributed by atoms with Crippen molar-refractivity contribution in [3.63, 3.8) is 0 Å². The zero-order chi connectivity index (χ0) is 12.4. The van der Waals surface area contributed by atoms with E-state index >= 15 is 0 Å². The van der Waals surface area contributed by atoms with Crippen LogP contribution in [0.25, 0.3) is 0 Å². The van der Waals surface area contributed by atoms with Crippen molar-refractivity contribution in [2.24, 2.45) is 0 Å². The summed E-state index contributed by atoms with van der Waals surface area (Å²) >= 11 is 0. The summed E-state index contributed by atoms with van der Waals surface area (Å²) in [6.07, 6.45) is 3.25. The number of rotatable bonds is 2. The van der Waals surface area contributed by atoms with Gasteiger partial charge in [-0.05, 0) is 37.8 Å². The van der Waals surface area contributed by atoms with Gasteiger partial charge in [-0.1, -0.05) is 19.1 Å². The molecule has 0 spiro atoms. The summed E-state index contributed by atoms with van der Waals surface area (Å²) in [4.78, 5) is 14.5. The molecular formula is C14H20N2O. The molecule has 1 fully saturated rings. The van der Waals surface area contributed by atoms with Crippen LogP contribution < -0.4 is 5.73 Å². The van der Waals surface area contributed by atoms with E-state index in [0.29, 0.717) is 17.3 Å². The van der Waals surface area contributed by atoms with E-state index in [1.54, 1.807) is 6.07 Å². The van der Waals surface area contributed by atoms with Gasteiger partial charge in [0.2, 0.25) is 0 Å². The smallest absolute Gasteiger partial charge is 0.256 e. The summed E-state index contributed by atoms with van der Waals surface area (Å²) in [5, 5.41) is 0. The summed E-state index contributed by atoms with van der Waals surface area (Å²) in [7, 11) is 0. The second-order valence-corrected chi connectivity index (χ2v) is 4.74. The predicted molar refractivity (Wildman–Crippen MR) is 69.9 cm³/mol. The number of hydrogen-bond acceptors (Lipinski definition) is 2. The minimum absolute atomic E-state index is 0.102. The molecule has 3 nitrogen and oxygen atoms in total. The predicted octanol–water partition coefficient (Wildman–Crippen LogP) is 2.59. The van der Waals surface area contributed by atoms with E-state index in [4.69, 9.17) is 5.73 Å². The van der Waals surface area contributed by atoms with Crippen LogP contribution in [0.4, 0.5) is 5.69 Å². The molecule has 17 heavy (non-hydrogen) atoms. The summed E-state index contributed by atoms with van der Waals surface area (Å²) in [5.41, 5.74) is 8.18. The lowest BCUT2D eigenvalue weighted by Gasteiger charge is -2.25. The first-order chi connectivity index (χ1) is 8.15. The normalized spacial score (nSPS) is 19.6. The molecule has 1 heterocycles. The number of carbonyl (C=O) groups is 1. The van der Waals surface area contributed by atoms with Gasteiger partial charge in [-0.3, -0.25) is 4.79 Å². The standard InChI is InChI=1S/C14H20N2O/c1-3-11-7-5-9-16(11)14(17)13-10(2)6-4-8-12(13)15/h4,6,8,11H,3,5,7,9,15H2,1-2H3. The van der Waals surface area contributed by atoms with E-state index in [1.165, 1.54) is 0 Å². The minimum Gasteiger partial charge on any atom is -0.398 e. The van der Waals surface area contributed by atoms with Gasteiger partial charge in [0.05, 0.1) is 5.56 Å². The van der Waals surface area contributed by atoms with Gasteiger partial charge in [0.15, 0.2) is 0 Å². The van der Waals surface area contributed by atoms with Crippen LogP contribution in [0.1, 0.15) is 42.1 Å². The molecule has 0 radical (unpaired) electrons. The van der Waals surface area contributed by atoms with Crippen LogP contribution in [0.15, 0.2) is 18.2 Å². The lowest BCUT2D eigenvalue weighted by molar-refractivity contribution is 0.0734. The van der Waals surface area contributed by atoms with Crippen LogP contribution in [-0.2, 0) is 0 Å². The summed E-state index contributed by atoms with van der Waals surface area (Å²) in [6, 6.07) is 6.03. The van der Waals surface area contributed by atoms with Crippen LogP contribution in [0.2, 0.25) is 0 Å². The fraction of sp³-hybridized carbons (Fsp3) is 0.500. The molecule has 1 atom stereocenters. The molecule has 3 heteroatoms. The summed E-state index contributed by atoms with van der Waals surface area (Å²) < 4.78 is 0. The van der Waals surface area contributed by atoms with Gasteiger partial charge >= 0.3 is 0 Å². The fourth-order valence-electron chi connectivity index (χ4n) is 2.65. The van der Waals surface area contributed by atoms with Gasteiger partial charge in [0, 0.05) is 18.3 Å². The van der Waals surface area contributed by atoms with Crippen molar-refractivity contribution < 1.29 is 4.79 Å². The third kappa shape index (κ3) is 2.14. The highest BCUT2D eigenvalue weighted by Gasteiger charge is 2.29. The number of amides is 1. The monoisotopic (exact) mass is 232 g/mol. The van der Waals surface area contributed by atoms with E-state index in [9.17, 15) is 4.79 Å². The van der Waals surface area contributed by atoms with Gasteiger partial charge in [-0.15, -0.1) is 0 Å². The number of likely N-dealkylation sites (tertiary alicyclic amines) is 1. The molecule has 0 aliphatic carbocycles. The molecule has 1 amide bonds. The molecule has 1 aromatic rings. The summed E-state index contributed by atoms with van der Waals surface area (Å²) in [6.45, 7) is 4.95. The number of nitrogens with zero attached hydrogens (tertiary/aromatic N) is 1. The Balaban J connectivity index is 2.31. The lowest BCUT2D eigenvalue weighted by atomic mass is 10.0. The molecule has 2 rings (SSSR count). The zero-order valence-corrected chi connectivity index (χ0v) is 10.6. The number of carbonyl (C=O) groups excluding carboxylic acids is 1. The SMILES string of the molecule is CCC1CCCN1C(=O)c1c(C)cccc1N. The molecule has 1 unspecified atom stereocenters. The summed E-state index contributed by atoms with van der Waals surface area (Å²) in [5.74, 6) is 0.102. The van der Waals surface area contributed by atoms with Gasteiger partial charge in [0.25, 0.3) is 5.91 Å².